The van der Waals surface area contributed by atoms with Crippen molar-refractivity contribution in [1.29, 1.82) is 0 Å². The fourth-order valence-corrected chi connectivity index (χ4v) is 1.00. The molecule has 0 unspecified atom stereocenters. The molecule has 0 aromatic rings. The van der Waals surface area contributed by atoms with Crippen molar-refractivity contribution in [2.45, 2.75) is 26.3 Å². The lowest BCUT2D eigenvalue weighted by molar-refractivity contribution is -0.459. The Bertz CT molecular complexity index is 303. The molecule has 0 atom stereocenters. The lowest BCUT2D eigenvalue weighted by Gasteiger charge is -2.32. The van der Waals surface area contributed by atoms with Crippen molar-refractivity contribution in [3.05, 3.63) is 12.3 Å². The largest absolute Gasteiger partial charge is 0.338 e. The van der Waals surface area contributed by atoms with E-state index in [0.29, 0.717) is 12.4 Å². The summed E-state index contributed by atoms with van der Waals surface area (Å²) in [5.74, 6) is 0. The van der Waals surface area contributed by atoms with E-state index in [1.807, 2.05) is 29.8 Å². The Morgan fingerprint density at radius 3 is 2.31 bits per heavy atom. The van der Waals surface area contributed by atoms with E-state index >= 15 is 0 Å². The van der Waals surface area contributed by atoms with E-state index in [9.17, 15) is 0 Å². The minimum absolute atomic E-state index is 0.0247. The fraction of sp³-hybridized carbons (Fsp3) is 0.583. The molecule has 0 fully saturated rings. The van der Waals surface area contributed by atoms with E-state index in [4.69, 9.17) is 0 Å². The minimum Gasteiger partial charge on any atom is -0.338 e. The number of nitrogens with zero attached hydrogens (tertiary/aromatic N) is 4. The zero-order valence-corrected chi connectivity index (χ0v) is 11.1. The summed E-state index contributed by atoms with van der Waals surface area (Å²) in [5, 5.41) is 0. The van der Waals surface area contributed by atoms with Gasteiger partial charge in [0.25, 0.3) is 0 Å². The Labute approximate surface area is 98.7 Å². The van der Waals surface area contributed by atoms with Crippen molar-refractivity contribution >= 4 is 19.3 Å². The third-order valence-electron chi connectivity index (χ3n) is 1.88. The van der Waals surface area contributed by atoms with Gasteiger partial charge in [-0.15, -0.1) is 0 Å². The van der Waals surface area contributed by atoms with E-state index in [1.54, 1.807) is 6.34 Å². The highest BCUT2D eigenvalue weighted by atomic mass is 15.3. The number of hydrogen-bond donors (Lipinski definition) is 0. The van der Waals surface area contributed by atoms with E-state index in [-0.39, 0.29) is 5.54 Å². The van der Waals surface area contributed by atoms with Gasteiger partial charge in [0, 0.05) is 5.54 Å². The van der Waals surface area contributed by atoms with Gasteiger partial charge in [-0.3, -0.25) is 4.99 Å². The molecule has 0 spiro atoms. The average molecular weight is 223 g/mol. The molecule has 0 rings (SSSR count). The quantitative estimate of drug-likeness (QED) is 0.396. The van der Waals surface area contributed by atoms with Crippen LogP contribution in [-0.4, -0.2) is 55.0 Å². The summed E-state index contributed by atoms with van der Waals surface area (Å²) in [5.41, 5.74) is 0.687. The topological polar surface area (TPSA) is 31.0 Å². The molecule has 0 saturated carbocycles. The van der Waals surface area contributed by atoms with Gasteiger partial charge in [0.05, 0.1) is 6.34 Å². The summed E-state index contributed by atoms with van der Waals surface area (Å²) >= 11 is 0. The van der Waals surface area contributed by atoms with E-state index in [1.165, 1.54) is 0 Å². The molecule has 0 amide bonds. The molecular weight excluding hydrogens is 200 g/mol. The number of hydrogen-bond acceptors (Lipinski definition) is 2. The molecule has 90 valence electrons. The summed E-state index contributed by atoms with van der Waals surface area (Å²) < 4.78 is 1.91. The molecule has 0 heterocycles. The average Bonchev–Trinajstić information content (AvgIpc) is 2.08. The third-order valence-corrected chi connectivity index (χ3v) is 1.88. The highest BCUT2D eigenvalue weighted by Crippen LogP contribution is 2.10. The van der Waals surface area contributed by atoms with Crippen molar-refractivity contribution in [2.24, 2.45) is 9.98 Å². The first-order valence-electron chi connectivity index (χ1n) is 5.21. The Balaban J connectivity index is 4.64. The standard InChI is InChI=1S/C12H23N4/c1-11(8-15(6)7)14-10-16(9-13-5)12(2,3)4/h8,10H,1,5,9H2,2-4,6-7H3/q+1. The van der Waals surface area contributed by atoms with Crippen LogP contribution in [0.5, 0.6) is 0 Å². The fourth-order valence-electron chi connectivity index (χ4n) is 1.00. The van der Waals surface area contributed by atoms with Crippen molar-refractivity contribution < 1.29 is 4.58 Å². The van der Waals surface area contributed by atoms with Crippen molar-refractivity contribution in [3.63, 3.8) is 0 Å². The van der Waals surface area contributed by atoms with Gasteiger partial charge in [0.2, 0.25) is 0 Å². The van der Waals surface area contributed by atoms with Crippen LogP contribution in [0.1, 0.15) is 20.8 Å². The second-order valence-corrected chi connectivity index (χ2v) is 4.83. The second-order valence-electron chi connectivity index (χ2n) is 4.83. The summed E-state index contributed by atoms with van der Waals surface area (Å²) in [6.07, 6.45) is 3.62. The van der Waals surface area contributed by atoms with Gasteiger partial charge in [-0.2, -0.15) is 0 Å². The van der Waals surface area contributed by atoms with Crippen molar-refractivity contribution in [1.82, 2.24) is 4.90 Å². The molecule has 4 nitrogen and oxygen atoms in total. The zero-order valence-electron chi connectivity index (χ0n) is 11.1. The lowest BCUT2D eigenvalue weighted by atomic mass is 10.1. The number of aliphatic imine (C=N–C) groups is 2. The highest BCUT2D eigenvalue weighted by Gasteiger charge is 2.17. The normalized spacial score (nSPS) is 11.3. The predicted octanol–water partition coefficient (Wildman–Crippen LogP) is 1.63. The van der Waals surface area contributed by atoms with Gasteiger partial charge in [-0.05, 0) is 27.5 Å². The molecule has 4 heteroatoms. The van der Waals surface area contributed by atoms with Crippen LogP contribution in [0.4, 0.5) is 0 Å². The van der Waals surface area contributed by atoms with Crippen LogP contribution < -0.4 is 0 Å². The van der Waals surface area contributed by atoms with Gasteiger partial charge in [0.1, 0.15) is 26.5 Å². The summed E-state index contributed by atoms with van der Waals surface area (Å²) in [6, 6.07) is 0. The van der Waals surface area contributed by atoms with Gasteiger partial charge in [0.15, 0.2) is 6.21 Å². The van der Waals surface area contributed by atoms with Crippen LogP contribution in [0.2, 0.25) is 0 Å². The van der Waals surface area contributed by atoms with Gasteiger partial charge >= 0.3 is 0 Å². The minimum atomic E-state index is -0.0247. The monoisotopic (exact) mass is 223 g/mol. The molecular formula is C12H23N4+. The maximum atomic E-state index is 4.27. The third kappa shape index (κ3) is 6.11. The molecule has 0 saturated heterocycles. The van der Waals surface area contributed by atoms with Gasteiger partial charge in [-0.1, -0.05) is 6.58 Å². The molecule has 0 N–H and O–H groups in total. The molecule has 0 aliphatic heterocycles. The summed E-state index contributed by atoms with van der Waals surface area (Å²) in [7, 11) is 3.88. The maximum absolute atomic E-state index is 4.27. The second kappa shape index (κ2) is 6.20. The summed E-state index contributed by atoms with van der Waals surface area (Å²) in [6.45, 7) is 14.2. The van der Waals surface area contributed by atoms with Crippen LogP contribution >= 0.6 is 0 Å². The first-order valence-corrected chi connectivity index (χ1v) is 5.21. The van der Waals surface area contributed by atoms with Crippen LogP contribution in [-0.2, 0) is 0 Å². The molecule has 0 aromatic heterocycles. The highest BCUT2D eigenvalue weighted by molar-refractivity contribution is 5.76. The lowest BCUT2D eigenvalue weighted by Crippen LogP contribution is -2.40. The van der Waals surface area contributed by atoms with Gasteiger partial charge in [-0.25, -0.2) is 9.57 Å². The first kappa shape index (κ1) is 14.6. The van der Waals surface area contributed by atoms with E-state index < -0.39 is 0 Å². The van der Waals surface area contributed by atoms with Crippen LogP contribution in [0.3, 0.4) is 0 Å². The smallest absolute Gasteiger partial charge is 0.188 e. The molecule has 16 heavy (non-hydrogen) atoms. The Kier molecular flexibility index (Phi) is 5.64. The predicted molar refractivity (Wildman–Crippen MR) is 71.8 cm³/mol. The van der Waals surface area contributed by atoms with Crippen molar-refractivity contribution in [3.8, 4) is 0 Å². The number of allylic oxidation sites excluding steroid dienone is 1. The van der Waals surface area contributed by atoms with Crippen LogP contribution in [0.25, 0.3) is 0 Å². The molecule has 0 aliphatic carbocycles. The molecule has 0 radical (unpaired) electrons. The summed E-state index contributed by atoms with van der Waals surface area (Å²) in [4.78, 5) is 10.2. The number of rotatable bonds is 5. The Hall–Kier alpha value is -1.45. The first-order chi connectivity index (χ1) is 7.27. The molecule has 0 aromatic carbocycles. The van der Waals surface area contributed by atoms with E-state index in [2.05, 4.69) is 44.1 Å². The Morgan fingerprint density at radius 2 is 1.94 bits per heavy atom. The SMILES string of the molecule is C=NCN(C=NC(=C)C=[N+](C)C)C(C)(C)C. The van der Waals surface area contributed by atoms with Crippen LogP contribution in [0, 0.1) is 0 Å². The van der Waals surface area contributed by atoms with Crippen LogP contribution in [0.15, 0.2) is 22.3 Å². The Morgan fingerprint density at radius 1 is 1.38 bits per heavy atom. The maximum Gasteiger partial charge on any atom is 0.188 e. The molecule has 0 bridgehead atoms. The van der Waals surface area contributed by atoms with E-state index in [0.717, 1.165) is 0 Å². The molecule has 0 aliphatic rings. The zero-order chi connectivity index (χ0) is 12.8. The van der Waals surface area contributed by atoms with Crippen molar-refractivity contribution in [2.75, 3.05) is 20.8 Å². The van der Waals surface area contributed by atoms with Gasteiger partial charge < -0.3 is 4.90 Å².